The standard InChI is InChI=1S/C10H4N2O8S2/c13-9(5-1-7(11(15)16)21-3-5)19-20-10(14)6-2-8(12(17)18)22-4-6/h1-4H. The predicted octanol–water partition coefficient (Wildman–Crippen LogP) is 2.55. The first kappa shape index (κ1) is 15.5. The van der Waals surface area contributed by atoms with Crippen LogP contribution < -0.4 is 0 Å². The molecule has 0 aliphatic heterocycles. The van der Waals surface area contributed by atoms with Crippen LogP contribution in [0.5, 0.6) is 0 Å². The predicted molar refractivity (Wildman–Crippen MR) is 72.8 cm³/mol. The van der Waals surface area contributed by atoms with Gasteiger partial charge in [-0.1, -0.05) is 22.7 Å². The Bertz CT molecular complexity index is 700. The largest absolute Gasteiger partial charge is 0.387 e. The van der Waals surface area contributed by atoms with E-state index in [0.29, 0.717) is 22.7 Å². The Morgan fingerprint density at radius 1 is 0.864 bits per heavy atom. The van der Waals surface area contributed by atoms with Gasteiger partial charge in [0.25, 0.3) is 0 Å². The fraction of sp³-hybridized carbons (Fsp3) is 0. The van der Waals surface area contributed by atoms with Gasteiger partial charge in [-0.15, -0.1) is 0 Å². The summed E-state index contributed by atoms with van der Waals surface area (Å²) in [6.07, 6.45) is 0. The monoisotopic (exact) mass is 344 g/mol. The highest BCUT2D eigenvalue weighted by Crippen LogP contribution is 2.24. The second-order valence-electron chi connectivity index (χ2n) is 3.60. The van der Waals surface area contributed by atoms with Crippen LogP contribution in [0.1, 0.15) is 20.7 Å². The molecule has 0 atom stereocenters. The van der Waals surface area contributed by atoms with Crippen LogP contribution in [0.15, 0.2) is 22.9 Å². The third kappa shape index (κ3) is 3.42. The maximum Gasteiger partial charge on any atom is 0.387 e. The first-order valence-corrected chi connectivity index (χ1v) is 7.03. The van der Waals surface area contributed by atoms with Crippen LogP contribution in [0.25, 0.3) is 0 Å². The van der Waals surface area contributed by atoms with Gasteiger partial charge in [-0.05, 0) is 0 Å². The highest BCUT2D eigenvalue weighted by atomic mass is 32.1. The van der Waals surface area contributed by atoms with E-state index >= 15 is 0 Å². The molecule has 0 aliphatic carbocycles. The minimum atomic E-state index is -1.09. The van der Waals surface area contributed by atoms with Gasteiger partial charge >= 0.3 is 21.9 Å². The lowest BCUT2D eigenvalue weighted by molar-refractivity contribution is -0.380. The zero-order valence-electron chi connectivity index (χ0n) is 10.3. The lowest BCUT2D eigenvalue weighted by atomic mass is 10.3. The van der Waals surface area contributed by atoms with Gasteiger partial charge in [-0.25, -0.2) is 19.4 Å². The summed E-state index contributed by atoms with van der Waals surface area (Å²) in [5.74, 6) is -2.19. The molecule has 0 amide bonds. The highest BCUT2D eigenvalue weighted by Gasteiger charge is 2.21. The van der Waals surface area contributed by atoms with E-state index in [0.717, 1.165) is 12.1 Å². The molecule has 2 heterocycles. The molecule has 0 N–H and O–H groups in total. The van der Waals surface area contributed by atoms with Gasteiger partial charge in [0.15, 0.2) is 0 Å². The second kappa shape index (κ2) is 6.28. The molecule has 114 valence electrons. The first-order valence-electron chi connectivity index (χ1n) is 5.27. The van der Waals surface area contributed by atoms with Crippen LogP contribution in [0.3, 0.4) is 0 Å². The summed E-state index contributed by atoms with van der Waals surface area (Å²) in [6, 6.07) is 1.94. The van der Waals surface area contributed by atoms with Crippen LogP contribution in [-0.2, 0) is 9.78 Å². The van der Waals surface area contributed by atoms with Crippen LogP contribution in [0.2, 0.25) is 0 Å². The van der Waals surface area contributed by atoms with Gasteiger partial charge in [0.2, 0.25) is 0 Å². The number of carbonyl (C=O) groups excluding carboxylic acids is 2. The Balaban J connectivity index is 1.96. The molecule has 0 aromatic carbocycles. The highest BCUT2D eigenvalue weighted by molar-refractivity contribution is 7.13. The normalized spacial score (nSPS) is 10.0. The third-order valence-electron chi connectivity index (χ3n) is 2.20. The van der Waals surface area contributed by atoms with Gasteiger partial charge in [0, 0.05) is 22.9 Å². The van der Waals surface area contributed by atoms with Crippen LogP contribution in [0, 0.1) is 20.2 Å². The van der Waals surface area contributed by atoms with Crippen molar-refractivity contribution in [1.82, 2.24) is 0 Å². The van der Waals surface area contributed by atoms with Crippen LogP contribution >= 0.6 is 22.7 Å². The molecule has 0 fully saturated rings. The van der Waals surface area contributed by atoms with E-state index in [1.54, 1.807) is 0 Å². The van der Waals surface area contributed by atoms with Gasteiger partial charge in [0.1, 0.15) is 0 Å². The fourth-order valence-corrected chi connectivity index (χ4v) is 2.61. The Kier molecular flexibility index (Phi) is 4.43. The van der Waals surface area contributed by atoms with Crippen molar-refractivity contribution in [1.29, 1.82) is 0 Å². The van der Waals surface area contributed by atoms with Gasteiger partial charge < -0.3 is 0 Å². The van der Waals surface area contributed by atoms with E-state index in [1.165, 1.54) is 10.8 Å². The molecule has 0 saturated heterocycles. The van der Waals surface area contributed by atoms with Crippen molar-refractivity contribution in [2.75, 3.05) is 0 Å². The first-order chi connectivity index (χ1) is 10.4. The summed E-state index contributed by atoms with van der Waals surface area (Å²) in [6.45, 7) is 0. The quantitative estimate of drug-likeness (QED) is 0.468. The molecule has 0 bridgehead atoms. The molecule has 0 aliphatic rings. The van der Waals surface area contributed by atoms with Crippen LogP contribution in [0.4, 0.5) is 10.0 Å². The minimum Gasteiger partial charge on any atom is -0.258 e. The zero-order chi connectivity index (χ0) is 16.3. The average molecular weight is 344 g/mol. The van der Waals surface area contributed by atoms with E-state index in [1.807, 2.05) is 0 Å². The number of hydrogen-bond acceptors (Lipinski definition) is 10. The Labute approximate surface area is 128 Å². The van der Waals surface area contributed by atoms with Crippen molar-refractivity contribution in [3.63, 3.8) is 0 Å². The van der Waals surface area contributed by atoms with E-state index in [2.05, 4.69) is 9.78 Å². The van der Waals surface area contributed by atoms with Crippen molar-refractivity contribution < 1.29 is 29.2 Å². The number of nitro groups is 2. The smallest absolute Gasteiger partial charge is 0.258 e. The number of hydrogen-bond donors (Lipinski definition) is 0. The molecule has 2 aromatic heterocycles. The molecule has 0 spiro atoms. The molecule has 12 heteroatoms. The molecule has 10 nitrogen and oxygen atoms in total. The number of carbonyl (C=O) groups is 2. The summed E-state index contributed by atoms with van der Waals surface area (Å²) in [5, 5.41) is 22.7. The fourth-order valence-electron chi connectivity index (χ4n) is 1.23. The average Bonchev–Trinajstić information content (AvgIpc) is 3.12. The SMILES string of the molecule is O=C(OOC(=O)c1csc([N+](=O)[O-])c1)c1csc([N+](=O)[O-])c1. The van der Waals surface area contributed by atoms with Crippen LogP contribution in [-0.4, -0.2) is 21.8 Å². The molecule has 0 radical (unpaired) electrons. The summed E-state index contributed by atoms with van der Waals surface area (Å²) in [7, 11) is 0. The second-order valence-corrected chi connectivity index (χ2v) is 5.38. The molecule has 0 unspecified atom stereocenters. The maximum absolute atomic E-state index is 11.5. The van der Waals surface area contributed by atoms with Crippen molar-refractivity contribution in [2.45, 2.75) is 0 Å². The molecular weight excluding hydrogens is 340 g/mol. The summed E-state index contributed by atoms with van der Waals surface area (Å²) in [5.41, 5.74) is -0.304. The Morgan fingerprint density at radius 2 is 1.23 bits per heavy atom. The third-order valence-corrected chi connectivity index (χ3v) is 3.96. The molecule has 2 rings (SSSR count). The molecule has 0 saturated carbocycles. The van der Waals surface area contributed by atoms with Crippen molar-refractivity contribution in [2.24, 2.45) is 0 Å². The van der Waals surface area contributed by atoms with Gasteiger partial charge in [0.05, 0.1) is 21.0 Å². The number of thiophene rings is 2. The van der Waals surface area contributed by atoms with E-state index in [4.69, 9.17) is 0 Å². The number of rotatable bonds is 4. The van der Waals surface area contributed by atoms with E-state index in [-0.39, 0.29) is 21.1 Å². The number of nitrogens with zero attached hydrogens (tertiary/aromatic N) is 2. The maximum atomic E-state index is 11.5. The summed E-state index contributed by atoms with van der Waals surface area (Å²) >= 11 is 1.42. The molecule has 22 heavy (non-hydrogen) atoms. The lowest BCUT2D eigenvalue weighted by Crippen LogP contribution is -2.10. The van der Waals surface area contributed by atoms with Crippen molar-refractivity contribution >= 4 is 44.6 Å². The van der Waals surface area contributed by atoms with Crippen molar-refractivity contribution in [3.8, 4) is 0 Å². The zero-order valence-corrected chi connectivity index (χ0v) is 11.9. The topological polar surface area (TPSA) is 139 Å². The Morgan fingerprint density at radius 3 is 1.50 bits per heavy atom. The van der Waals surface area contributed by atoms with E-state index < -0.39 is 21.8 Å². The van der Waals surface area contributed by atoms with Gasteiger partial charge in [-0.2, -0.15) is 0 Å². The van der Waals surface area contributed by atoms with Crippen molar-refractivity contribution in [3.05, 3.63) is 54.2 Å². The van der Waals surface area contributed by atoms with E-state index in [9.17, 15) is 29.8 Å². The molecule has 2 aromatic rings. The summed E-state index contributed by atoms with van der Waals surface area (Å²) < 4.78 is 0. The Hall–Kier alpha value is -2.86. The minimum absolute atomic E-state index is 0.152. The summed E-state index contributed by atoms with van der Waals surface area (Å²) in [4.78, 5) is 51.1. The van der Waals surface area contributed by atoms with Gasteiger partial charge in [-0.3, -0.25) is 20.2 Å². The molecular formula is C10H4N2O8S2. The lowest BCUT2D eigenvalue weighted by Gasteiger charge is -1.99.